The molecule has 0 bridgehead atoms. The third-order valence-corrected chi connectivity index (χ3v) is 1.53. The molecular weight excluding hydrogens is 146 g/mol. The van der Waals surface area contributed by atoms with E-state index < -0.39 is 0 Å². The van der Waals surface area contributed by atoms with Gasteiger partial charge in [0, 0.05) is 13.3 Å². The number of rotatable bonds is 4. The standard InChI is InChI=1S/C11H17N/c1-5-7-10(3)11(8-6-2)9-12-4/h6-9H,2,5H2,1,3-4H3/b10-7+,11-8+,12-9?. The van der Waals surface area contributed by atoms with Crippen LogP contribution < -0.4 is 0 Å². The highest BCUT2D eigenvalue weighted by Crippen LogP contribution is 2.07. The van der Waals surface area contributed by atoms with Crippen molar-refractivity contribution in [2.45, 2.75) is 20.3 Å². The molecule has 1 nitrogen and oxygen atoms in total. The number of nitrogens with zero attached hydrogens (tertiary/aromatic N) is 1. The van der Waals surface area contributed by atoms with E-state index in [1.165, 1.54) is 5.57 Å². The topological polar surface area (TPSA) is 12.4 Å². The van der Waals surface area contributed by atoms with Crippen LogP contribution in [0.2, 0.25) is 0 Å². The molecular formula is C11H17N. The zero-order valence-corrected chi connectivity index (χ0v) is 8.17. The number of aliphatic imine (C=N–C) groups is 1. The van der Waals surface area contributed by atoms with Crippen LogP contribution >= 0.6 is 0 Å². The van der Waals surface area contributed by atoms with E-state index >= 15 is 0 Å². The van der Waals surface area contributed by atoms with Gasteiger partial charge in [-0.15, -0.1) is 0 Å². The van der Waals surface area contributed by atoms with Crippen molar-refractivity contribution in [2.75, 3.05) is 7.05 Å². The lowest BCUT2D eigenvalue weighted by atomic mass is 10.1. The molecule has 0 spiro atoms. The third-order valence-electron chi connectivity index (χ3n) is 1.53. The Morgan fingerprint density at radius 2 is 2.17 bits per heavy atom. The molecule has 0 atom stereocenters. The first-order valence-electron chi connectivity index (χ1n) is 4.18. The summed E-state index contributed by atoms with van der Waals surface area (Å²) in [4.78, 5) is 3.98. The van der Waals surface area contributed by atoms with Crippen molar-refractivity contribution < 1.29 is 0 Å². The van der Waals surface area contributed by atoms with E-state index in [9.17, 15) is 0 Å². The first kappa shape index (κ1) is 10.9. The average Bonchev–Trinajstić information content (AvgIpc) is 2.04. The van der Waals surface area contributed by atoms with Gasteiger partial charge < -0.3 is 0 Å². The molecule has 0 unspecified atom stereocenters. The molecule has 0 aliphatic heterocycles. The predicted molar refractivity (Wildman–Crippen MR) is 56.7 cm³/mol. The van der Waals surface area contributed by atoms with Crippen molar-refractivity contribution in [1.29, 1.82) is 0 Å². The van der Waals surface area contributed by atoms with E-state index in [1.54, 1.807) is 13.1 Å². The molecule has 0 rings (SSSR count). The smallest absolute Gasteiger partial charge is 0.0283 e. The molecule has 0 saturated carbocycles. The quantitative estimate of drug-likeness (QED) is 0.446. The van der Waals surface area contributed by atoms with Gasteiger partial charge >= 0.3 is 0 Å². The summed E-state index contributed by atoms with van der Waals surface area (Å²) >= 11 is 0. The second-order valence-electron chi connectivity index (χ2n) is 2.54. The van der Waals surface area contributed by atoms with Gasteiger partial charge in [-0.1, -0.05) is 31.7 Å². The number of allylic oxidation sites excluding steroid dienone is 5. The van der Waals surface area contributed by atoms with Gasteiger partial charge in [0.1, 0.15) is 0 Å². The predicted octanol–water partition coefficient (Wildman–Crippen LogP) is 3.16. The van der Waals surface area contributed by atoms with Crippen molar-refractivity contribution >= 4 is 6.21 Å². The SMILES string of the molecule is C=C/C=C(C=NC)/C(C)=C/CC. The highest BCUT2D eigenvalue weighted by Gasteiger charge is 1.92. The summed E-state index contributed by atoms with van der Waals surface area (Å²) in [6, 6.07) is 0. The van der Waals surface area contributed by atoms with Crippen molar-refractivity contribution in [3.63, 3.8) is 0 Å². The summed E-state index contributed by atoms with van der Waals surface area (Å²) in [5.74, 6) is 0. The summed E-state index contributed by atoms with van der Waals surface area (Å²) in [6.07, 6.45) is 8.83. The molecule has 0 aliphatic rings. The first-order valence-corrected chi connectivity index (χ1v) is 4.18. The van der Waals surface area contributed by atoms with E-state index in [0.717, 1.165) is 12.0 Å². The van der Waals surface area contributed by atoms with E-state index in [2.05, 4.69) is 31.5 Å². The zero-order chi connectivity index (χ0) is 9.40. The maximum Gasteiger partial charge on any atom is 0.0283 e. The Morgan fingerprint density at radius 1 is 1.50 bits per heavy atom. The Kier molecular flexibility index (Phi) is 5.98. The maximum absolute atomic E-state index is 3.98. The van der Waals surface area contributed by atoms with Crippen LogP contribution in [0.3, 0.4) is 0 Å². The highest BCUT2D eigenvalue weighted by molar-refractivity contribution is 5.84. The monoisotopic (exact) mass is 163 g/mol. The van der Waals surface area contributed by atoms with Crippen LogP contribution in [0.15, 0.2) is 40.9 Å². The second kappa shape index (κ2) is 6.59. The normalized spacial score (nSPS) is 13.9. The molecule has 0 amide bonds. The number of hydrogen-bond donors (Lipinski definition) is 0. The van der Waals surface area contributed by atoms with Crippen LogP contribution in [-0.4, -0.2) is 13.3 Å². The summed E-state index contributed by atoms with van der Waals surface area (Å²) in [5.41, 5.74) is 2.39. The van der Waals surface area contributed by atoms with Gasteiger partial charge in [0.25, 0.3) is 0 Å². The van der Waals surface area contributed by atoms with E-state index in [-0.39, 0.29) is 0 Å². The van der Waals surface area contributed by atoms with Crippen LogP contribution in [-0.2, 0) is 0 Å². The van der Waals surface area contributed by atoms with Crippen LogP contribution in [0.1, 0.15) is 20.3 Å². The summed E-state index contributed by atoms with van der Waals surface area (Å²) in [7, 11) is 1.77. The third kappa shape index (κ3) is 3.91. The fourth-order valence-electron chi connectivity index (χ4n) is 0.966. The lowest BCUT2D eigenvalue weighted by molar-refractivity contribution is 1.19. The molecule has 0 aliphatic carbocycles. The van der Waals surface area contributed by atoms with Crippen molar-refractivity contribution in [3.8, 4) is 0 Å². The summed E-state index contributed by atoms with van der Waals surface area (Å²) < 4.78 is 0. The molecule has 0 N–H and O–H groups in total. The Bertz CT molecular complexity index is 219. The Labute approximate surface area is 75.2 Å². The first-order chi connectivity index (χ1) is 5.76. The highest BCUT2D eigenvalue weighted by atomic mass is 14.6. The van der Waals surface area contributed by atoms with Gasteiger partial charge in [0.05, 0.1) is 0 Å². The van der Waals surface area contributed by atoms with Crippen LogP contribution in [0.5, 0.6) is 0 Å². The van der Waals surface area contributed by atoms with Crippen molar-refractivity contribution in [2.24, 2.45) is 4.99 Å². The minimum atomic E-state index is 1.05. The fraction of sp³-hybridized carbons (Fsp3) is 0.364. The van der Waals surface area contributed by atoms with E-state index in [0.29, 0.717) is 0 Å². The molecule has 0 radical (unpaired) electrons. The Hall–Kier alpha value is -1.11. The van der Waals surface area contributed by atoms with Gasteiger partial charge in [-0.2, -0.15) is 0 Å². The molecule has 0 aromatic rings. The van der Waals surface area contributed by atoms with Crippen LogP contribution in [0.4, 0.5) is 0 Å². The summed E-state index contributed by atoms with van der Waals surface area (Å²) in [6.45, 7) is 7.87. The fourth-order valence-corrected chi connectivity index (χ4v) is 0.966. The molecule has 0 aromatic carbocycles. The Balaban J connectivity index is 4.62. The Morgan fingerprint density at radius 3 is 2.58 bits per heavy atom. The van der Waals surface area contributed by atoms with E-state index in [4.69, 9.17) is 0 Å². The van der Waals surface area contributed by atoms with Gasteiger partial charge in [0.2, 0.25) is 0 Å². The molecule has 0 fully saturated rings. The zero-order valence-electron chi connectivity index (χ0n) is 8.17. The number of hydrogen-bond acceptors (Lipinski definition) is 1. The van der Waals surface area contributed by atoms with Crippen molar-refractivity contribution in [3.05, 3.63) is 36.0 Å². The minimum absolute atomic E-state index is 1.05. The van der Waals surface area contributed by atoms with Crippen LogP contribution in [0.25, 0.3) is 0 Å². The molecule has 0 heterocycles. The molecule has 66 valence electrons. The average molecular weight is 163 g/mol. The lowest BCUT2D eigenvalue weighted by Crippen LogP contribution is -1.86. The van der Waals surface area contributed by atoms with Crippen molar-refractivity contribution in [1.82, 2.24) is 0 Å². The lowest BCUT2D eigenvalue weighted by Gasteiger charge is -1.99. The van der Waals surface area contributed by atoms with Gasteiger partial charge in [-0.25, -0.2) is 0 Å². The summed E-state index contributed by atoms with van der Waals surface area (Å²) in [5, 5.41) is 0. The largest absolute Gasteiger partial charge is 0.296 e. The van der Waals surface area contributed by atoms with Gasteiger partial charge in [0.15, 0.2) is 0 Å². The van der Waals surface area contributed by atoms with E-state index in [1.807, 2.05) is 12.3 Å². The van der Waals surface area contributed by atoms with Gasteiger partial charge in [-0.3, -0.25) is 4.99 Å². The minimum Gasteiger partial charge on any atom is -0.296 e. The molecule has 0 saturated heterocycles. The maximum atomic E-state index is 3.98. The van der Waals surface area contributed by atoms with Gasteiger partial charge in [-0.05, 0) is 24.5 Å². The molecule has 1 heteroatoms. The second-order valence-corrected chi connectivity index (χ2v) is 2.54. The molecule has 12 heavy (non-hydrogen) atoms. The van der Waals surface area contributed by atoms with Crippen LogP contribution in [0, 0.1) is 0 Å². The molecule has 0 aromatic heterocycles.